The maximum Gasteiger partial charge on any atom is 0.307 e. The van der Waals surface area contributed by atoms with Gasteiger partial charge in [0.25, 0.3) is 5.91 Å². The summed E-state index contributed by atoms with van der Waals surface area (Å²) in [5, 5.41) is 0. The van der Waals surface area contributed by atoms with Crippen LogP contribution in [0, 0.1) is 5.82 Å². The molecule has 0 spiro atoms. The molecule has 2 rings (SSSR count). The summed E-state index contributed by atoms with van der Waals surface area (Å²) in [6.45, 7) is 2.46. The van der Waals surface area contributed by atoms with Crippen molar-refractivity contribution in [1.29, 1.82) is 0 Å². The summed E-state index contributed by atoms with van der Waals surface area (Å²) >= 11 is 0. The van der Waals surface area contributed by atoms with E-state index in [1.807, 2.05) is 0 Å². The lowest BCUT2D eigenvalue weighted by Crippen LogP contribution is -2.32. The van der Waals surface area contributed by atoms with Gasteiger partial charge in [-0.2, -0.15) is 0 Å². The lowest BCUT2D eigenvalue weighted by atomic mass is 10.2. The van der Waals surface area contributed by atoms with E-state index >= 15 is 0 Å². The van der Waals surface area contributed by atoms with Gasteiger partial charge in [0.2, 0.25) is 0 Å². The van der Waals surface area contributed by atoms with Crippen LogP contribution in [0.4, 0.5) is 4.39 Å². The smallest absolute Gasteiger partial charge is 0.307 e. The Bertz CT molecular complexity index is 637. The number of nitrogens with zero attached hydrogens (tertiary/aromatic N) is 1. The molecular formula is C17H18FNO4. The Morgan fingerprint density at radius 1 is 1.22 bits per heavy atom. The van der Waals surface area contributed by atoms with Crippen molar-refractivity contribution in [3.63, 3.8) is 0 Å². The molecule has 0 unspecified atom stereocenters. The molecule has 0 aliphatic carbocycles. The standard InChI is InChI=1S/C17H18FNO4/c1-2-22-16(20)9-10-19(17(21)15-4-3-11-23-15)12-13-5-7-14(18)8-6-13/h3-8,11H,2,9-10,12H2,1H3. The molecule has 0 saturated heterocycles. The fourth-order valence-electron chi connectivity index (χ4n) is 2.08. The Balaban J connectivity index is 2.08. The topological polar surface area (TPSA) is 59.8 Å². The van der Waals surface area contributed by atoms with E-state index in [1.165, 1.54) is 23.3 Å². The first-order valence-electron chi connectivity index (χ1n) is 7.33. The van der Waals surface area contributed by atoms with E-state index in [9.17, 15) is 14.0 Å². The summed E-state index contributed by atoms with van der Waals surface area (Å²) in [6, 6.07) is 9.04. The van der Waals surface area contributed by atoms with E-state index in [0.29, 0.717) is 6.61 Å². The van der Waals surface area contributed by atoms with E-state index < -0.39 is 0 Å². The minimum absolute atomic E-state index is 0.0848. The first kappa shape index (κ1) is 16.7. The summed E-state index contributed by atoms with van der Waals surface area (Å²) in [5.41, 5.74) is 0.759. The molecule has 2 aromatic rings. The predicted molar refractivity (Wildman–Crippen MR) is 81.1 cm³/mol. The second-order valence-electron chi connectivity index (χ2n) is 4.89. The van der Waals surface area contributed by atoms with Gasteiger partial charge in [0, 0.05) is 13.1 Å². The molecule has 1 aromatic carbocycles. The quantitative estimate of drug-likeness (QED) is 0.736. The highest BCUT2D eigenvalue weighted by atomic mass is 19.1. The number of carbonyl (C=O) groups excluding carboxylic acids is 2. The third-order valence-corrected chi connectivity index (χ3v) is 3.20. The largest absolute Gasteiger partial charge is 0.466 e. The van der Waals surface area contributed by atoms with Crippen LogP contribution in [0.2, 0.25) is 0 Å². The van der Waals surface area contributed by atoms with Crippen LogP contribution in [0.1, 0.15) is 29.5 Å². The van der Waals surface area contributed by atoms with Gasteiger partial charge >= 0.3 is 5.97 Å². The maximum atomic E-state index is 13.0. The summed E-state index contributed by atoms with van der Waals surface area (Å²) in [7, 11) is 0. The summed E-state index contributed by atoms with van der Waals surface area (Å²) in [6.07, 6.45) is 1.50. The van der Waals surface area contributed by atoms with Gasteiger partial charge in [0.15, 0.2) is 5.76 Å². The number of amides is 1. The Morgan fingerprint density at radius 3 is 2.57 bits per heavy atom. The van der Waals surface area contributed by atoms with Crippen molar-refractivity contribution in [2.45, 2.75) is 19.9 Å². The molecule has 23 heavy (non-hydrogen) atoms. The third-order valence-electron chi connectivity index (χ3n) is 3.20. The van der Waals surface area contributed by atoms with Gasteiger partial charge < -0.3 is 14.1 Å². The molecule has 0 atom stereocenters. The molecule has 0 radical (unpaired) electrons. The number of ether oxygens (including phenoxy) is 1. The Hall–Kier alpha value is -2.63. The van der Waals surface area contributed by atoms with E-state index in [4.69, 9.17) is 9.15 Å². The average molecular weight is 319 g/mol. The Morgan fingerprint density at radius 2 is 1.96 bits per heavy atom. The van der Waals surface area contributed by atoms with E-state index in [1.54, 1.807) is 31.2 Å². The van der Waals surface area contributed by atoms with Crippen molar-refractivity contribution in [3.8, 4) is 0 Å². The first-order valence-corrected chi connectivity index (χ1v) is 7.33. The molecule has 1 heterocycles. The van der Waals surface area contributed by atoms with Crippen LogP contribution < -0.4 is 0 Å². The van der Waals surface area contributed by atoms with Crippen molar-refractivity contribution in [3.05, 3.63) is 59.8 Å². The van der Waals surface area contributed by atoms with Crippen LogP contribution in [0.25, 0.3) is 0 Å². The van der Waals surface area contributed by atoms with E-state index in [2.05, 4.69) is 0 Å². The van der Waals surface area contributed by atoms with Gasteiger partial charge in [-0.1, -0.05) is 12.1 Å². The summed E-state index contributed by atoms with van der Waals surface area (Å²) in [5.74, 6) is -0.854. The molecule has 0 aliphatic rings. The Labute approximate surface area is 133 Å². The highest BCUT2D eigenvalue weighted by Gasteiger charge is 2.19. The van der Waals surface area contributed by atoms with Gasteiger partial charge in [-0.3, -0.25) is 9.59 Å². The van der Waals surface area contributed by atoms with Crippen molar-refractivity contribution >= 4 is 11.9 Å². The zero-order chi connectivity index (χ0) is 16.7. The van der Waals surface area contributed by atoms with Crippen LogP contribution in [0.15, 0.2) is 47.1 Å². The molecule has 0 N–H and O–H groups in total. The van der Waals surface area contributed by atoms with Gasteiger partial charge in [0.1, 0.15) is 5.82 Å². The fraction of sp³-hybridized carbons (Fsp3) is 0.294. The third kappa shape index (κ3) is 4.95. The van der Waals surface area contributed by atoms with Crippen LogP contribution in [-0.4, -0.2) is 29.9 Å². The molecule has 5 nitrogen and oxygen atoms in total. The number of carbonyl (C=O) groups is 2. The van der Waals surface area contributed by atoms with Gasteiger partial charge in [-0.25, -0.2) is 4.39 Å². The van der Waals surface area contributed by atoms with E-state index in [0.717, 1.165) is 5.56 Å². The maximum absolute atomic E-state index is 13.0. The molecule has 0 aliphatic heterocycles. The first-order chi connectivity index (χ1) is 11.1. The Kier molecular flexibility index (Phi) is 5.91. The van der Waals surface area contributed by atoms with Crippen molar-refractivity contribution in [2.75, 3.05) is 13.2 Å². The molecule has 1 aromatic heterocycles. The van der Waals surface area contributed by atoms with Crippen molar-refractivity contribution in [2.24, 2.45) is 0 Å². The number of halogens is 1. The number of hydrogen-bond donors (Lipinski definition) is 0. The SMILES string of the molecule is CCOC(=O)CCN(Cc1ccc(F)cc1)C(=O)c1ccco1. The van der Waals surface area contributed by atoms with Crippen LogP contribution >= 0.6 is 0 Å². The molecule has 6 heteroatoms. The number of rotatable bonds is 7. The van der Waals surface area contributed by atoms with Gasteiger partial charge in [0.05, 0.1) is 19.3 Å². The number of esters is 1. The van der Waals surface area contributed by atoms with Crippen LogP contribution in [-0.2, 0) is 16.1 Å². The number of furan rings is 1. The van der Waals surface area contributed by atoms with Crippen molar-refractivity contribution in [1.82, 2.24) is 4.90 Å². The summed E-state index contributed by atoms with van der Waals surface area (Å²) in [4.78, 5) is 25.4. The lowest BCUT2D eigenvalue weighted by Gasteiger charge is -2.21. The van der Waals surface area contributed by atoms with Crippen LogP contribution in [0.5, 0.6) is 0 Å². The molecular weight excluding hydrogens is 301 g/mol. The molecule has 0 bridgehead atoms. The fourth-order valence-corrected chi connectivity index (χ4v) is 2.08. The molecule has 0 fully saturated rings. The predicted octanol–water partition coefficient (Wildman–Crippen LogP) is 3.01. The highest BCUT2D eigenvalue weighted by Crippen LogP contribution is 2.12. The lowest BCUT2D eigenvalue weighted by molar-refractivity contribution is -0.143. The number of benzene rings is 1. The van der Waals surface area contributed by atoms with Gasteiger partial charge in [-0.05, 0) is 36.8 Å². The zero-order valence-electron chi connectivity index (χ0n) is 12.8. The second kappa shape index (κ2) is 8.12. The molecule has 0 saturated carbocycles. The average Bonchev–Trinajstić information content (AvgIpc) is 3.07. The summed E-state index contributed by atoms with van der Waals surface area (Å²) < 4.78 is 23.0. The van der Waals surface area contributed by atoms with Crippen LogP contribution in [0.3, 0.4) is 0 Å². The van der Waals surface area contributed by atoms with Crippen molar-refractivity contribution < 1.29 is 23.1 Å². The van der Waals surface area contributed by atoms with E-state index in [-0.39, 0.29) is 43.0 Å². The van der Waals surface area contributed by atoms with Gasteiger partial charge in [-0.15, -0.1) is 0 Å². The minimum Gasteiger partial charge on any atom is -0.466 e. The number of hydrogen-bond acceptors (Lipinski definition) is 4. The minimum atomic E-state index is -0.371. The normalized spacial score (nSPS) is 10.3. The highest BCUT2D eigenvalue weighted by molar-refractivity contribution is 5.91. The zero-order valence-corrected chi connectivity index (χ0v) is 12.8. The molecule has 122 valence electrons. The second-order valence-corrected chi connectivity index (χ2v) is 4.89. The monoisotopic (exact) mass is 319 g/mol. The molecule has 1 amide bonds.